The Labute approximate surface area is 135 Å². The van der Waals surface area contributed by atoms with Gasteiger partial charge in [0.2, 0.25) is 0 Å². The molecule has 1 aromatic carbocycles. The second-order valence-corrected chi connectivity index (χ2v) is 7.31. The predicted octanol–water partition coefficient (Wildman–Crippen LogP) is 4.43. The summed E-state index contributed by atoms with van der Waals surface area (Å²) in [6.07, 6.45) is 4.60. The fourth-order valence-corrected chi connectivity index (χ4v) is 3.05. The number of hydrogen-bond donors (Lipinski definition) is 1. The topological polar surface area (TPSA) is 58.5 Å². The lowest BCUT2D eigenvalue weighted by atomic mass is 9.99. The minimum atomic E-state index is -3.58. The van der Waals surface area contributed by atoms with Crippen molar-refractivity contribution in [1.82, 2.24) is 4.83 Å². The lowest BCUT2D eigenvalue weighted by molar-refractivity contribution is 0.584. The van der Waals surface area contributed by atoms with E-state index < -0.39 is 10.0 Å². The number of hydrazone groups is 1. The molecule has 0 unspecified atom stereocenters. The third-order valence-corrected chi connectivity index (χ3v) is 5.00. The number of benzene rings is 1. The van der Waals surface area contributed by atoms with Crippen LogP contribution in [0.15, 0.2) is 34.3 Å². The SMILES string of the molecule is CCCC(CCC)=NNS(=O)(=O)c1ccc([C@H](C)CC)cc1. The van der Waals surface area contributed by atoms with Gasteiger partial charge in [0.15, 0.2) is 0 Å². The quantitative estimate of drug-likeness (QED) is 0.539. The Bertz CT molecular complexity index is 569. The molecule has 0 fully saturated rings. The molecular formula is C17H28N2O2S. The van der Waals surface area contributed by atoms with E-state index in [1.807, 2.05) is 12.1 Å². The first-order valence-electron chi connectivity index (χ1n) is 8.11. The van der Waals surface area contributed by atoms with Gasteiger partial charge in [0.05, 0.1) is 4.90 Å². The van der Waals surface area contributed by atoms with Crippen molar-refractivity contribution < 1.29 is 8.42 Å². The molecule has 124 valence electrons. The highest BCUT2D eigenvalue weighted by atomic mass is 32.2. The molecule has 0 saturated heterocycles. The molecule has 5 heteroatoms. The maximum atomic E-state index is 12.3. The highest BCUT2D eigenvalue weighted by molar-refractivity contribution is 7.89. The third kappa shape index (κ3) is 5.44. The van der Waals surface area contributed by atoms with Crippen molar-refractivity contribution >= 4 is 15.7 Å². The van der Waals surface area contributed by atoms with Crippen LogP contribution in [-0.2, 0) is 10.0 Å². The summed E-state index contributed by atoms with van der Waals surface area (Å²) in [5, 5.41) is 4.10. The number of nitrogens with one attached hydrogen (secondary N) is 1. The summed E-state index contributed by atoms with van der Waals surface area (Å²) in [4.78, 5) is 2.63. The molecule has 1 atom stereocenters. The molecule has 4 nitrogen and oxygen atoms in total. The summed E-state index contributed by atoms with van der Waals surface area (Å²) in [5.41, 5.74) is 2.06. The maximum Gasteiger partial charge on any atom is 0.276 e. The zero-order valence-electron chi connectivity index (χ0n) is 14.1. The number of hydrogen-bond acceptors (Lipinski definition) is 3. The van der Waals surface area contributed by atoms with Gasteiger partial charge in [0, 0.05) is 5.71 Å². The first-order chi connectivity index (χ1) is 10.4. The summed E-state index contributed by atoms with van der Waals surface area (Å²) in [6, 6.07) is 7.06. The molecule has 0 saturated carbocycles. The molecule has 0 aliphatic rings. The molecule has 1 rings (SSSR count). The Morgan fingerprint density at radius 2 is 1.64 bits per heavy atom. The zero-order valence-corrected chi connectivity index (χ0v) is 14.9. The molecule has 0 spiro atoms. The molecule has 1 aromatic rings. The van der Waals surface area contributed by atoms with Crippen molar-refractivity contribution in [3.63, 3.8) is 0 Å². The Kier molecular flexibility index (Phi) is 7.59. The second kappa shape index (κ2) is 8.93. The molecule has 0 radical (unpaired) electrons. The van der Waals surface area contributed by atoms with Gasteiger partial charge >= 0.3 is 0 Å². The van der Waals surface area contributed by atoms with Crippen molar-refractivity contribution in [2.45, 2.75) is 70.6 Å². The average Bonchev–Trinajstić information content (AvgIpc) is 2.52. The van der Waals surface area contributed by atoms with Crippen LogP contribution in [0.2, 0.25) is 0 Å². The predicted molar refractivity (Wildman–Crippen MR) is 92.7 cm³/mol. The second-order valence-electron chi connectivity index (χ2n) is 5.65. The van der Waals surface area contributed by atoms with Crippen molar-refractivity contribution in [1.29, 1.82) is 0 Å². The van der Waals surface area contributed by atoms with Gasteiger partial charge in [0.25, 0.3) is 10.0 Å². The van der Waals surface area contributed by atoms with Crippen LogP contribution >= 0.6 is 0 Å². The van der Waals surface area contributed by atoms with Crippen molar-refractivity contribution in [3.05, 3.63) is 29.8 Å². The fourth-order valence-electron chi connectivity index (χ4n) is 2.20. The lowest BCUT2D eigenvalue weighted by Gasteiger charge is -2.10. The van der Waals surface area contributed by atoms with E-state index in [0.29, 0.717) is 5.92 Å². The van der Waals surface area contributed by atoms with Crippen LogP contribution in [0, 0.1) is 0 Å². The smallest absolute Gasteiger partial charge is 0.200 e. The summed E-state index contributed by atoms with van der Waals surface area (Å²) in [6.45, 7) is 8.38. The Morgan fingerprint density at radius 1 is 1.09 bits per heavy atom. The molecule has 0 aromatic heterocycles. The number of rotatable bonds is 9. The van der Waals surface area contributed by atoms with E-state index in [1.165, 1.54) is 0 Å². The first-order valence-corrected chi connectivity index (χ1v) is 9.60. The van der Waals surface area contributed by atoms with Gasteiger partial charge in [-0.05, 0) is 42.9 Å². The van der Waals surface area contributed by atoms with E-state index in [4.69, 9.17) is 0 Å². The minimum absolute atomic E-state index is 0.260. The Hall–Kier alpha value is -1.36. The van der Waals surface area contributed by atoms with Crippen LogP contribution in [-0.4, -0.2) is 14.1 Å². The van der Waals surface area contributed by atoms with Gasteiger partial charge in [-0.2, -0.15) is 13.5 Å². The van der Waals surface area contributed by atoms with Crippen LogP contribution in [0.25, 0.3) is 0 Å². The summed E-state index contributed by atoms with van der Waals surface area (Å²) in [5.74, 6) is 0.434. The van der Waals surface area contributed by atoms with E-state index in [-0.39, 0.29) is 4.90 Å². The van der Waals surface area contributed by atoms with Gasteiger partial charge in [-0.3, -0.25) is 0 Å². The molecule has 1 N–H and O–H groups in total. The lowest BCUT2D eigenvalue weighted by Crippen LogP contribution is -2.20. The summed E-state index contributed by atoms with van der Waals surface area (Å²) < 4.78 is 24.6. The number of nitrogens with zero attached hydrogens (tertiary/aromatic N) is 1. The molecule has 0 heterocycles. The molecule has 0 aliphatic carbocycles. The van der Waals surface area contributed by atoms with Crippen LogP contribution in [0.5, 0.6) is 0 Å². The van der Waals surface area contributed by atoms with Crippen molar-refractivity contribution in [3.8, 4) is 0 Å². The molecule has 22 heavy (non-hydrogen) atoms. The van der Waals surface area contributed by atoms with E-state index in [2.05, 4.69) is 37.6 Å². The van der Waals surface area contributed by atoms with Gasteiger partial charge in [0.1, 0.15) is 0 Å². The van der Waals surface area contributed by atoms with E-state index >= 15 is 0 Å². The van der Waals surface area contributed by atoms with Crippen LogP contribution < -0.4 is 4.83 Å². The van der Waals surface area contributed by atoms with Crippen LogP contribution in [0.3, 0.4) is 0 Å². The van der Waals surface area contributed by atoms with E-state index in [0.717, 1.165) is 43.4 Å². The standard InChI is InChI=1S/C17H28N2O2S/c1-5-8-16(9-6-2)18-19-22(20,21)17-12-10-15(11-13-17)14(4)7-3/h10-14,19H,5-9H2,1-4H3/t14-/m1/s1. The van der Waals surface area contributed by atoms with Gasteiger partial charge in [-0.1, -0.05) is 52.7 Å². The maximum absolute atomic E-state index is 12.3. The minimum Gasteiger partial charge on any atom is -0.200 e. The molecule has 0 aliphatic heterocycles. The zero-order chi connectivity index (χ0) is 16.6. The highest BCUT2D eigenvalue weighted by Crippen LogP contribution is 2.20. The van der Waals surface area contributed by atoms with Crippen molar-refractivity contribution in [2.24, 2.45) is 5.10 Å². The van der Waals surface area contributed by atoms with Gasteiger partial charge < -0.3 is 0 Å². The summed E-state index contributed by atoms with van der Waals surface area (Å²) >= 11 is 0. The van der Waals surface area contributed by atoms with Crippen LogP contribution in [0.4, 0.5) is 0 Å². The average molecular weight is 324 g/mol. The molecule has 0 amide bonds. The largest absolute Gasteiger partial charge is 0.276 e. The first kappa shape index (κ1) is 18.7. The Balaban J connectivity index is 2.87. The molecular weight excluding hydrogens is 296 g/mol. The Morgan fingerprint density at radius 3 is 2.09 bits per heavy atom. The van der Waals surface area contributed by atoms with Crippen molar-refractivity contribution in [2.75, 3.05) is 0 Å². The fraction of sp³-hybridized carbons (Fsp3) is 0.588. The van der Waals surface area contributed by atoms with Crippen LogP contribution in [0.1, 0.15) is 71.3 Å². The highest BCUT2D eigenvalue weighted by Gasteiger charge is 2.14. The molecule has 0 bridgehead atoms. The van der Waals surface area contributed by atoms with E-state index in [1.54, 1.807) is 12.1 Å². The monoisotopic (exact) mass is 324 g/mol. The summed E-state index contributed by atoms with van der Waals surface area (Å²) in [7, 11) is -3.58. The van der Waals surface area contributed by atoms with Gasteiger partial charge in [-0.25, -0.2) is 4.83 Å². The number of sulfonamides is 1. The normalized spacial score (nSPS) is 12.7. The van der Waals surface area contributed by atoms with Gasteiger partial charge in [-0.15, -0.1) is 0 Å². The third-order valence-electron chi connectivity index (χ3n) is 3.77. The van der Waals surface area contributed by atoms with E-state index in [9.17, 15) is 8.42 Å².